The minimum absolute atomic E-state index is 0.0384. The quantitative estimate of drug-likeness (QED) is 0.727. The maximum atomic E-state index is 12.5. The van der Waals surface area contributed by atoms with Gasteiger partial charge >= 0.3 is 6.18 Å². The minimum Gasteiger partial charge on any atom is -0.507 e. The zero-order chi connectivity index (χ0) is 21.8. The lowest BCUT2D eigenvalue weighted by Gasteiger charge is -2.17. The number of benzene rings is 1. The summed E-state index contributed by atoms with van der Waals surface area (Å²) in [6.45, 7) is 3.45. The number of hydrogen-bond acceptors (Lipinski definition) is 5. The van der Waals surface area contributed by atoms with Gasteiger partial charge in [-0.15, -0.1) is 0 Å². The first kappa shape index (κ1) is 22.2. The van der Waals surface area contributed by atoms with Crippen LogP contribution in [0.3, 0.4) is 0 Å². The molecule has 1 heterocycles. The van der Waals surface area contributed by atoms with E-state index in [4.69, 9.17) is 0 Å². The molecule has 1 atom stereocenters. The van der Waals surface area contributed by atoms with E-state index in [0.717, 1.165) is 11.6 Å². The molecule has 1 aromatic heterocycles. The highest BCUT2D eigenvalue weighted by Crippen LogP contribution is 2.26. The molecule has 6 nitrogen and oxygen atoms in total. The number of hydrogen-bond donors (Lipinski definition) is 2. The first-order valence-electron chi connectivity index (χ1n) is 8.75. The average molecular weight is 410 g/mol. The van der Waals surface area contributed by atoms with Gasteiger partial charge in [0.05, 0.1) is 11.6 Å². The molecule has 1 amide bonds. The van der Waals surface area contributed by atoms with Crippen molar-refractivity contribution in [3.05, 3.63) is 52.8 Å². The highest BCUT2D eigenvalue weighted by Gasteiger charge is 2.28. The monoisotopic (exact) mass is 410 g/mol. The zero-order valence-electron chi connectivity index (χ0n) is 16.1. The molecule has 2 rings (SSSR count). The largest absolute Gasteiger partial charge is 0.507 e. The third kappa shape index (κ3) is 6.78. The van der Waals surface area contributed by atoms with Crippen molar-refractivity contribution in [3.63, 3.8) is 0 Å². The molecule has 156 valence electrons. The van der Waals surface area contributed by atoms with Gasteiger partial charge in [-0.2, -0.15) is 13.2 Å². The lowest BCUT2D eigenvalue weighted by atomic mass is 10.0. The number of ether oxygens (including phenoxy) is 1. The molecule has 1 unspecified atom stereocenters. The number of rotatable bonds is 7. The molecule has 2 N–H and O–H groups in total. The van der Waals surface area contributed by atoms with E-state index < -0.39 is 30.5 Å². The molecule has 1 aromatic carbocycles. The van der Waals surface area contributed by atoms with E-state index in [0.29, 0.717) is 11.4 Å². The van der Waals surface area contributed by atoms with E-state index in [1.165, 1.54) is 19.1 Å². The second kappa shape index (κ2) is 8.93. The van der Waals surface area contributed by atoms with Gasteiger partial charge in [-0.3, -0.25) is 14.6 Å². The number of Topliss-reactive ketones (excluding diaryl/α,β-unsaturated/α-hetero) is 1. The molecular formula is C20H21F3N2O4. The van der Waals surface area contributed by atoms with Gasteiger partial charge in [0, 0.05) is 23.9 Å². The Morgan fingerprint density at radius 1 is 1.24 bits per heavy atom. The van der Waals surface area contributed by atoms with Crippen molar-refractivity contribution in [2.45, 2.75) is 39.4 Å². The molecule has 29 heavy (non-hydrogen) atoms. The number of carbonyl (C=O) groups excluding carboxylic acids is 2. The molecular weight excluding hydrogens is 389 g/mol. The van der Waals surface area contributed by atoms with Crippen molar-refractivity contribution in [1.29, 1.82) is 0 Å². The summed E-state index contributed by atoms with van der Waals surface area (Å²) in [5.74, 6) is -1.36. The van der Waals surface area contributed by atoms with Crippen molar-refractivity contribution in [1.82, 2.24) is 10.3 Å². The number of amides is 1. The SMILES string of the molecule is CC(=O)Cc1cc(C(C)NC(=O)c2ccc(OCC(F)(F)F)cc2O)cc(C)n1. The summed E-state index contributed by atoms with van der Waals surface area (Å²) in [5.41, 5.74) is 1.90. The first-order valence-corrected chi connectivity index (χ1v) is 8.75. The minimum atomic E-state index is -4.51. The van der Waals surface area contributed by atoms with Crippen LogP contribution < -0.4 is 10.1 Å². The predicted octanol–water partition coefficient (Wildman–Crippen LogP) is 3.66. The van der Waals surface area contributed by atoms with Gasteiger partial charge in [-0.25, -0.2) is 0 Å². The van der Waals surface area contributed by atoms with Crippen LogP contribution in [-0.2, 0) is 11.2 Å². The number of ketones is 1. The van der Waals surface area contributed by atoms with E-state index in [-0.39, 0.29) is 23.5 Å². The zero-order valence-corrected chi connectivity index (χ0v) is 16.1. The van der Waals surface area contributed by atoms with Gasteiger partial charge in [0.2, 0.25) is 0 Å². The van der Waals surface area contributed by atoms with Crippen molar-refractivity contribution in [2.24, 2.45) is 0 Å². The van der Waals surface area contributed by atoms with Crippen molar-refractivity contribution in [3.8, 4) is 11.5 Å². The summed E-state index contributed by atoms with van der Waals surface area (Å²) in [6.07, 6.45) is -4.33. The molecule has 0 aliphatic rings. The number of aromatic nitrogens is 1. The number of halogens is 3. The normalized spacial score (nSPS) is 12.3. The number of alkyl halides is 3. The van der Waals surface area contributed by atoms with Gasteiger partial charge in [0.1, 0.15) is 17.3 Å². The van der Waals surface area contributed by atoms with Gasteiger partial charge in [0.25, 0.3) is 5.91 Å². The first-order chi connectivity index (χ1) is 13.4. The molecule has 0 radical (unpaired) electrons. The van der Waals surface area contributed by atoms with Gasteiger partial charge in [-0.05, 0) is 50.6 Å². The van der Waals surface area contributed by atoms with E-state index in [2.05, 4.69) is 15.0 Å². The Kier molecular flexibility index (Phi) is 6.84. The number of pyridine rings is 1. The van der Waals surface area contributed by atoms with Crippen LogP contribution in [0.5, 0.6) is 11.5 Å². The van der Waals surface area contributed by atoms with Crippen LogP contribution in [0.25, 0.3) is 0 Å². The standard InChI is InChI=1S/C20H21F3N2O4/c1-11-6-14(8-15(24-11)7-12(2)26)13(3)25-19(28)17-5-4-16(9-18(17)27)29-10-20(21,22)23/h4-6,8-9,13,27H,7,10H2,1-3H3,(H,25,28). The van der Waals surface area contributed by atoms with Crippen molar-refractivity contribution in [2.75, 3.05) is 6.61 Å². The van der Waals surface area contributed by atoms with Crippen LogP contribution in [-0.4, -0.2) is 34.6 Å². The Bertz CT molecular complexity index is 913. The molecule has 0 aliphatic heterocycles. The van der Waals surface area contributed by atoms with Crippen LogP contribution in [0.4, 0.5) is 13.2 Å². The average Bonchev–Trinajstić information content (AvgIpc) is 2.58. The smallest absolute Gasteiger partial charge is 0.422 e. The fourth-order valence-electron chi connectivity index (χ4n) is 2.68. The number of phenols is 1. The van der Waals surface area contributed by atoms with E-state index in [1.54, 1.807) is 26.0 Å². The maximum absolute atomic E-state index is 12.5. The Hall–Kier alpha value is -3.10. The van der Waals surface area contributed by atoms with Gasteiger partial charge in [-0.1, -0.05) is 0 Å². The second-order valence-corrected chi connectivity index (χ2v) is 6.69. The fourth-order valence-corrected chi connectivity index (χ4v) is 2.68. The molecule has 0 spiro atoms. The Morgan fingerprint density at radius 2 is 1.93 bits per heavy atom. The van der Waals surface area contributed by atoms with Gasteiger partial charge in [0.15, 0.2) is 6.61 Å². The number of phenolic OH excluding ortho intramolecular Hbond substituents is 1. The molecule has 0 saturated carbocycles. The van der Waals surface area contributed by atoms with Crippen LogP contribution in [0.2, 0.25) is 0 Å². The number of aromatic hydroxyl groups is 1. The topological polar surface area (TPSA) is 88.5 Å². The third-order valence-electron chi connectivity index (χ3n) is 3.92. The van der Waals surface area contributed by atoms with Crippen molar-refractivity contribution < 1.29 is 32.6 Å². The lowest BCUT2D eigenvalue weighted by molar-refractivity contribution is -0.153. The molecule has 0 saturated heterocycles. The van der Waals surface area contributed by atoms with E-state index in [9.17, 15) is 27.9 Å². The number of aryl methyl sites for hydroxylation is 1. The summed E-state index contributed by atoms with van der Waals surface area (Å²) in [4.78, 5) is 28.1. The molecule has 0 aliphatic carbocycles. The summed E-state index contributed by atoms with van der Waals surface area (Å²) >= 11 is 0. The molecule has 2 aromatic rings. The van der Waals surface area contributed by atoms with Crippen LogP contribution in [0.1, 0.15) is 47.2 Å². The molecule has 0 bridgehead atoms. The Balaban J connectivity index is 2.11. The second-order valence-electron chi connectivity index (χ2n) is 6.69. The van der Waals surface area contributed by atoms with E-state index in [1.807, 2.05) is 0 Å². The van der Waals surface area contributed by atoms with Crippen molar-refractivity contribution >= 4 is 11.7 Å². The van der Waals surface area contributed by atoms with Crippen LogP contribution >= 0.6 is 0 Å². The number of carbonyl (C=O) groups is 2. The van der Waals surface area contributed by atoms with E-state index >= 15 is 0 Å². The highest BCUT2D eigenvalue weighted by molar-refractivity contribution is 5.97. The lowest BCUT2D eigenvalue weighted by Crippen LogP contribution is -2.27. The van der Waals surface area contributed by atoms with Crippen LogP contribution in [0, 0.1) is 6.92 Å². The summed E-state index contributed by atoms with van der Waals surface area (Å²) in [7, 11) is 0. The Labute approximate surface area is 165 Å². The maximum Gasteiger partial charge on any atom is 0.422 e. The fraction of sp³-hybridized carbons (Fsp3) is 0.350. The summed E-state index contributed by atoms with van der Waals surface area (Å²) in [6, 6.07) is 6.33. The highest BCUT2D eigenvalue weighted by atomic mass is 19.4. The number of nitrogens with one attached hydrogen (secondary N) is 1. The summed E-state index contributed by atoms with van der Waals surface area (Å²) in [5, 5.41) is 12.7. The molecule has 9 heteroatoms. The number of nitrogens with zero attached hydrogens (tertiary/aromatic N) is 1. The molecule has 0 fully saturated rings. The third-order valence-corrected chi connectivity index (χ3v) is 3.92. The van der Waals surface area contributed by atoms with Gasteiger partial charge < -0.3 is 15.2 Å². The Morgan fingerprint density at radius 3 is 2.52 bits per heavy atom. The predicted molar refractivity (Wildman–Crippen MR) is 98.9 cm³/mol. The van der Waals surface area contributed by atoms with Crippen LogP contribution in [0.15, 0.2) is 30.3 Å². The summed E-state index contributed by atoms with van der Waals surface area (Å²) < 4.78 is 41.2.